The smallest absolute Gasteiger partial charge is 0.412 e. The van der Waals surface area contributed by atoms with Gasteiger partial charge >= 0.3 is 18.0 Å². The van der Waals surface area contributed by atoms with E-state index in [-0.39, 0.29) is 49.1 Å². The number of phenolic OH excluding ortho intramolecular Hbond substituents is 1. The monoisotopic (exact) mass is 1140 g/mol. The van der Waals surface area contributed by atoms with Crippen molar-refractivity contribution in [2.75, 3.05) is 43.1 Å². The Labute approximate surface area is 487 Å². The number of benzene rings is 1. The number of carbonyl (C=O) groups excluding carboxylic acids is 6. The number of phenols is 1. The lowest BCUT2D eigenvalue weighted by Gasteiger charge is -2.32. The summed E-state index contributed by atoms with van der Waals surface area (Å²) in [7, 11) is 3.17. The molecular formula is C64H94N4O10S2. The second kappa shape index (κ2) is 46.5. The average molecular weight is 1140 g/mol. The van der Waals surface area contributed by atoms with E-state index in [0.29, 0.717) is 43.9 Å². The fourth-order valence-corrected chi connectivity index (χ4v) is 8.64. The van der Waals surface area contributed by atoms with Crippen LogP contribution in [0.1, 0.15) is 162 Å². The molecule has 0 aliphatic rings. The summed E-state index contributed by atoms with van der Waals surface area (Å²) in [6, 6.07) is 3.75. The summed E-state index contributed by atoms with van der Waals surface area (Å²) in [4.78, 5) is 77.8. The Bertz CT molecular complexity index is 2270. The number of aromatic hydroxyl groups is 1. The Morgan fingerprint density at radius 1 is 0.575 bits per heavy atom. The third-order valence-electron chi connectivity index (χ3n) is 11.0. The highest BCUT2D eigenvalue weighted by molar-refractivity contribution is 8.76. The zero-order valence-electron chi connectivity index (χ0n) is 48.9. The minimum absolute atomic E-state index is 0.0292. The first-order chi connectivity index (χ1) is 38.5. The maximum Gasteiger partial charge on any atom is 0.412 e. The van der Waals surface area contributed by atoms with Crippen molar-refractivity contribution < 1.29 is 48.1 Å². The van der Waals surface area contributed by atoms with Gasteiger partial charge in [0, 0.05) is 61.5 Å². The molecule has 0 fully saturated rings. The Morgan fingerprint density at radius 2 is 1.05 bits per heavy atom. The Balaban J connectivity index is 2.59. The lowest BCUT2D eigenvalue weighted by Crippen LogP contribution is -2.49. The molecule has 0 aliphatic carbocycles. The number of hydrogen-bond acceptors (Lipinski definition) is 12. The van der Waals surface area contributed by atoms with Gasteiger partial charge in [0.2, 0.25) is 11.8 Å². The Hall–Kier alpha value is -6.26. The van der Waals surface area contributed by atoms with Crippen molar-refractivity contribution in [3.8, 4) is 5.75 Å². The van der Waals surface area contributed by atoms with E-state index in [1.54, 1.807) is 56.2 Å². The number of amides is 4. The normalized spacial score (nSPS) is 12.9. The molecule has 0 unspecified atom stereocenters. The number of hydrogen-bond donors (Lipinski definition) is 5. The van der Waals surface area contributed by atoms with Gasteiger partial charge in [0.05, 0.1) is 0 Å². The molecular weight excluding hydrogens is 1050 g/mol. The third-order valence-corrected chi connectivity index (χ3v) is 13.4. The van der Waals surface area contributed by atoms with Gasteiger partial charge in [-0.2, -0.15) is 0 Å². The molecule has 0 radical (unpaired) electrons. The number of ether oxygens (including phenoxy) is 3. The van der Waals surface area contributed by atoms with Crippen LogP contribution < -0.4 is 21.3 Å². The summed E-state index contributed by atoms with van der Waals surface area (Å²) < 4.78 is 16.6. The van der Waals surface area contributed by atoms with Gasteiger partial charge in [0.1, 0.15) is 23.5 Å². The van der Waals surface area contributed by atoms with Crippen LogP contribution in [-0.2, 0) is 33.4 Å². The molecule has 1 aromatic rings. The molecule has 1 rings (SSSR count). The average Bonchev–Trinajstić information content (AvgIpc) is 3.46. The predicted octanol–water partition coefficient (Wildman–Crippen LogP) is 14.4. The lowest BCUT2D eigenvalue weighted by atomic mass is 9.86. The van der Waals surface area contributed by atoms with Crippen molar-refractivity contribution in [2.45, 2.75) is 163 Å². The number of carbonyl (C=O) groups is 6. The van der Waals surface area contributed by atoms with Crippen LogP contribution in [0.25, 0.3) is 0 Å². The molecule has 1 atom stereocenters. The van der Waals surface area contributed by atoms with E-state index in [1.165, 1.54) is 18.2 Å². The van der Waals surface area contributed by atoms with Crippen LogP contribution in [-0.4, -0.2) is 90.3 Å². The topological polar surface area (TPSA) is 198 Å². The summed E-state index contributed by atoms with van der Waals surface area (Å²) in [5, 5.41) is 21.6. The van der Waals surface area contributed by atoms with Gasteiger partial charge in [-0.1, -0.05) is 171 Å². The molecule has 0 bridgehead atoms. The number of allylic oxidation sites excluding steroid dienone is 20. The summed E-state index contributed by atoms with van der Waals surface area (Å²) in [5.74, 6) is -1.73. The largest absolute Gasteiger partial charge is 0.507 e. The first-order valence-electron chi connectivity index (χ1n) is 28.3. The maximum absolute atomic E-state index is 13.8. The van der Waals surface area contributed by atoms with Gasteiger partial charge in [0.25, 0.3) is 5.91 Å². The molecule has 14 nitrogen and oxygen atoms in total. The van der Waals surface area contributed by atoms with E-state index in [0.717, 1.165) is 70.6 Å². The molecule has 5 N–H and O–H groups in total. The van der Waals surface area contributed by atoms with Gasteiger partial charge in [-0.15, -0.1) is 0 Å². The molecule has 0 aromatic heterocycles. The fourth-order valence-electron chi connectivity index (χ4n) is 6.83. The molecule has 0 aliphatic heterocycles. The van der Waals surface area contributed by atoms with Crippen molar-refractivity contribution in [2.24, 2.45) is 5.41 Å². The van der Waals surface area contributed by atoms with Gasteiger partial charge in [-0.3, -0.25) is 24.5 Å². The quantitative estimate of drug-likeness (QED) is 0.00791. The molecule has 1 aromatic carbocycles. The first kappa shape index (κ1) is 71.8. The highest BCUT2D eigenvalue weighted by Crippen LogP contribution is 2.29. The van der Waals surface area contributed by atoms with Crippen LogP contribution in [0.4, 0.5) is 10.5 Å². The van der Waals surface area contributed by atoms with E-state index < -0.39 is 46.8 Å². The van der Waals surface area contributed by atoms with Crippen LogP contribution in [0, 0.1) is 5.41 Å². The molecule has 4 amide bonds. The summed E-state index contributed by atoms with van der Waals surface area (Å²) in [5.41, 5.74) is -2.30. The van der Waals surface area contributed by atoms with Gasteiger partial charge in [0.15, 0.2) is 6.10 Å². The number of nitrogens with one attached hydrogen (secondary N) is 4. The van der Waals surface area contributed by atoms with E-state index in [2.05, 4.69) is 138 Å². The summed E-state index contributed by atoms with van der Waals surface area (Å²) in [6.07, 6.45) is 52.0. The summed E-state index contributed by atoms with van der Waals surface area (Å²) in [6.45, 7) is 13.1. The van der Waals surface area contributed by atoms with Crippen molar-refractivity contribution in [1.29, 1.82) is 0 Å². The van der Waals surface area contributed by atoms with Gasteiger partial charge in [-0.25, -0.2) is 9.59 Å². The highest BCUT2D eigenvalue weighted by Gasteiger charge is 2.40. The SMILES string of the molecule is CC/C=C\C/C=C\C/C=C\C/C=C\C/C=C\CCCC(=O)NCCSSCCNC(=O)CCNC(=O)[C@H](OC(=O)c1cc(NC(=O)OC(C)(C)C)ccc1O)C(C)(C)COC(=O)CCC/C=C/C=C/C/C=C\C/C=C\C/C=C\CC. The van der Waals surface area contributed by atoms with Crippen molar-refractivity contribution >= 4 is 63.0 Å². The van der Waals surface area contributed by atoms with Crippen molar-refractivity contribution in [3.05, 3.63) is 145 Å². The second-order valence-corrected chi connectivity index (χ2v) is 22.8. The molecule has 0 spiro atoms. The zero-order valence-corrected chi connectivity index (χ0v) is 50.5. The minimum atomic E-state index is -1.55. The molecule has 442 valence electrons. The van der Waals surface area contributed by atoms with E-state index in [9.17, 15) is 33.9 Å². The molecule has 16 heteroatoms. The number of rotatable bonds is 42. The number of anilines is 1. The Morgan fingerprint density at radius 3 is 1.59 bits per heavy atom. The number of unbranched alkanes of at least 4 members (excludes halogenated alkanes) is 2. The van der Waals surface area contributed by atoms with Crippen molar-refractivity contribution in [1.82, 2.24) is 16.0 Å². The van der Waals surface area contributed by atoms with Crippen LogP contribution in [0.15, 0.2) is 140 Å². The highest BCUT2D eigenvalue weighted by atomic mass is 33.1. The zero-order chi connectivity index (χ0) is 59.0. The maximum atomic E-state index is 13.8. The van der Waals surface area contributed by atoms with Crippen molar-refractivity contribution in [3.63, 3.8) is 0 Å². The predicted molar refractivity (Wildman–Crippen MR) is 332 cm³/mol. The van der Waals surface area contributed by atoms with Crippen LogP contribution in [0.3, 0.4) is 0 Å². The molecule has 0 saturated heterocycles. The lowest BCUT2D eigenvalue weighted by molar-refractivity contribution is -0.153. The molecule has 0 saturated carbocycles. The van der Waals surface area contributed by atoms with E-state index in [4.69, 9.17) is 14.2 Å². The second-order valence-electron chi connectivity index (χ2n) is 20.1. The van der Waals surface area contributed by atoms with Crippen LogP contribution in [0.5, 0.6) is 5.75 Å². The van der Waals surface area contributed by atoms with Gasteiger partial charge < -0.3 is 35.3 Å². The molecule has 0 heterocycles. The third kappa shape index (κ3) is 40.9. The fraction of sp³-hybridized carbons (Fsp3) is 0.500. The first-order valence-corrected chi connectivity index (χ1v) is 30.7. The Kier molecular flexibility index (Phi) is 41.7. The minimum Gasteiger partial charge on any atom is -0.507 e. The number of esters is 2. The van der Waals surface area contributed by atoms with Gasteiger partial charge in [-0.05, 0) is 122 Å². The standard InChI is InChI=1S/C64H94N4O10S2/c1-8-10-12-14-16-18-20-22-24-26-27-29-31-33-35-37-39-41-56(70)65-47-49-79-80-50-48-66-57(71)45-46-67-60(73)59(77-61(74)54-51-53(43-44-55(54)69)68-62(75)78-63(3,4)5)64(6,7)52-76-58(72)42-40-38-36-34-32-30-28-25-23-21-19-17-15-13-11-9-2/h10-13,16-19,22-25,27,29-30,32-36,43-44,51,59,69H,8-9,14-15,20-21,26,28,31,37-42,45-50,52H2,1-7H3,(H,65,70)(H,66,71)(H,67,73)(H,68,75)/b12-10-,13-11-,18-16-,19-17-,24-22-,25-23-,29-27-,32-30+,35-33-,36-34+/t59-/m0/s1. The van der Waals surface area contributed by atoms with E-state index >= 15 is 0 Å². The van der Waals surface area contributed by atoms with Crippen LogP contribution in [0.2, 0.25) is 0 Å². The van der Waals surface area contributed by atoms with Crippen LogP contribution >= 0.6 is 21.6 Å². The molecule has 80 heavy (non-hydrogen) atoms. The summed E-state index contributed by atoms with van der Waals surface area (Å²) >= 11 is 0. The van der Waals surface area contributed by atoms with E-state index in [1.807, 2.05) is 18.2 Å².